The monoisotopic (exact) mass is 366 g/mol. The summed E-state index contributed by atoms with van der Waals surface area (Å²) in [6.07, 6.45) is 5.71. The molecule has 0 saturated heterocycles. The fourth-order valence-corrected chi connectivity index (χ4v) is 6.01. The van der Waals surface area contributed by atoms with Crippen molar-refractivity contribution in [3.63, 3.8) is 0 Å². The molecule has 3 aliphatic rings. The molecule has 144 valence electrons. The zero-order valence-corrected chi connectivity index (χ0v) is 16.5. The van der Waals surface area contributed by atoms with Crippen LogP contribution in [0.4, 0.5) is 0 Å². The zero-order valence-electron chi connectivity index (χ0n) is 16.5. The van der Waals surface area contributed by atoms with Crippen LogP contribution >= 0.6 is 0 Å². The molecule has 1 N–H and O–H groups in total. The van der Waals surface area contributed by atoms with E-state index in [1.54, 1.807) is 6.08 Å². The average molecular weight is 367 g/mol. The second-order valence-corrected chi connectivity index (χ2v) is 9.48. The van der Waals surface area contributed by atoms with E-state index in [1.165, 1.54) is 6.08 Å². The lowest BCUT2D eigenvalue weighted by Gasteiger charge is -2.31. The van der Waals surface area contributed by atoms with Gasteiger partial charge in [-0.05, 0) is 54.6 Å². The highest BCUT2D eigenvalue weighted by Gasteiger charge is 2.70. The van der Waals surface area contributed by atoms with Crippen molar-refractivity contribution in [2.45, 2.75) is 51.7 Å². The number of hydrogen-bond donors (Lipinski definition) is 1. The summed E-state index contributed by atoms with van der Waals surface area (Å²) in [7, 11) is 0. The van der Waals surface area contributed by atoms with Crippen LogP contribution in [-0.2, 0) is 9.53 Å². The first kappa shape index (κ1) is 18.5. The summed E-state index contributed by atoms with van der Waals surface area (Å²) >= 11 is 0. The number of aliphatic hydroxyl groups is 1. The molecular weight excluding hydrogens is 336 g/mol. The molecule has 0 aliphatic heterocycles. The van der Waals surface area contributed by atoms with Gasteiger partial charge in [0.1, 0.15) is 6.10 Å². The van der Waals surface area contributed by atoms with E-state index in [9.17, 15) is 9.90 Å². The Balaban J connectivity index is 1.52. The van der Waals surface area contributed by atoms with Gasteiger partial charge in [0.05, 0.1) is 5.60 Å². The highest BCUT2D eigenvalue weighted by Crippen LogP contribution is 2.71. The molecule has 3 fully saturated rings. The molecule has 4 rings (SSSR count). The summed E-state index contributed by atoms with van der Waals surface area (Å²) in [6.45, 7) is 10.8. The maximum Gasteiger partial charge on any atom is 0.331 e. The lowest BCUT2D eigenvalue weighted by Crippen LogP contribution is -2.34. The van der Waals surface area contributed by atoms with Crippen LogP contribution in [0.3, 0.4) is 0 Å². The maximum absolute atomic E-state index is 12.5. The first-order chi connectivity index (χ1) is 12.7. The van der Waals surface area contributed by atoms with Crippen molar-refractivity contribution in [3.05, 3.63) is 54.1 Å². The van der Waals surface area contributed by atoms with Crippen LogP contribution in [0.2, 0.25) is 0 Å². The van der Waals surface area contributed by atoms with Crippen LogP contribution in [0, 0.1) is 29.1 Å². The van der Waals surface area contributed by atoms with E-state index in [0.29, 0.717) is 24.2 Å². The van der Waals surface area contributed by atoms with Gasteiger partial charge in [-0.2, -0.15) is 0 Å². The van der Waals surface area contributed by atoms with Gasteiger partial charge in [-0.3, -0.25) is 0 Å². The molecule has 0 spiro atoms. The number of benzene rings is 1. The van der Waals surface area contributed by atoms with Gasteiger partial charge in [0.15, 0.2) is 0 Å². The third-order valence-corrected chi connectivity index (χ3v) is 7.36. The van der Waals surface area contributed by atoms with Gasteiger partial charge in [0.25, 0.3) is 0 Å². The first-order valence-electron chi connectivity index (χ1n) is 10.1. The summed E-state index contributed by atoms with van der Waals surface area (Å²) < 4.78 is 5.92. The molecule has 3 nitrogen and oxygen atoms in total. The number of carbonyl (C=O) groups excluding carboxylic acids is 1. The van der Waals surface area contributed by atoms with Crippen LogP contribution in [0.5, 0.6) is 0 Å². The summed E-state index contributed by atoms with van der Waals surface area (Å²) in [5, 5.41) is 11.0. The molecule has 3 heteroatoms. The second kappa shape index (κ2) is 6.34. The number of esters is 1. The lowest BCUT2D eigenvalue weighted by molar-refractivity contribution is -0.144. The van der Waals surface area contributed by atoms with E-state index in [-0.39, 0.29) is 23.4 Å². The Labute approximate surface area is 162 Å². The summed E-state index contributed by atoms with van der Waals surface area (Å²) in [4.78, 5) is 12.5. The maximum atomic E-state index is 12.5. The van der Waals surface area contributed by atoms with Crippen LogP contribution in [0.1, 0.15) is 45.6 Å². The molecule has 3 saturated carbocycles. The number of carbonyl (C=O) groups is 1. The van der Waals surface area contributed by atoms with Gasteiger partial charge >= 0.3 is 5.97 Å². The van der Waals surface area contributed by atoms with Gasteiger partial charge in [0, 0.05) is 18.4 Å². The van der Waals surface area contributed by atoms with E-state index in [2.05, 4.69) is 20.4 Å². The predicted molar refractivity (Wildman–Crippen MR) is 107 cm³/mol. The first-order valence-corrected chi connectivity index (χ1v) is 10.1. The van der Waals surface area contributed by atoms with E-state index in [4.69, 9.17) is 4.74 Å². The predicted octanol–water partition coefficient (Wildman–Crippen LogP) is 4.62. The highest BCUT2D eigenvalue weighted by molar-refractivity contribution is 5.87. The quantitative estimate of drug-likeness (QED) is 0.482. The lowest BCUT2D eigenvalue weighted by atomic mass is 9.77. The Morgan fingerprint density at radius 1 is 1.19 bits per heavy atom. The van der Waals surface area contributed by atoms with Crippen molar-refractivity contribution in [1.29, 1.82) is 0 Å². The van der Waals surface area contributed by atoms with E-state index in [0.717, 1.165) is 24.0 Å². The molecule has 0 aromatic heterocycles. The van der Waals surface area contributed by atoms with E-state index < -0.39 is 5.60 Å². The molecule has 27 heavy (non-hydrogen) atoms. The van der Waals surface area contributed by atoms with Crippen molar-refractivity contribution >= 4 is 12.0 Å². The summed E-state index contributed by atoms with van der Waals surface area (Å²) in [5.41, 5.74) is 1.57. The fourth-order valence-electron chi connectivity index (χ4n) is 6.01. The molecule has 0 heterocycles. The van der Waals surface area contributed by atoms with Crippen molar-refractivity contribution in [1.82, 2.24) is 0 Å². The van der Waals surface area contributed by atoms with Crippen molar-refractivity contribution in [3.8, 4) is 0 Å². The fraction of sp³-hybridized carbons (Fsp3) is 0.542. The van der Waals surface area contributed by atoms with E-state index in [1.807, 2.05) is 37.3 Å². The summed E-state index contributed by atoms with van der Waals surface area (Å²) in [6, 6.07) is 9.76. The molecule has 1 aromatic rings. The van der Waals surface area contributed by atoms with Crippen molar-refractivity contribution < 1.29 is 14.6 Å². The van der Waals surface area contributed by atoms with Crippen LogP contribution in [-0.4, -0.2) is 22.8 Å². The van der Waals surface area contributed by atoms with E-state index >= 15 is 0 Å². The Bertz CT molecular complexity index is 774. The number of rotatable bonds is 3. The Morgan fingerprint density at radius 3 is 2.59 bits per heavy atom. The van der Waals surface area contributed by atoms with Gasteiger partial charge in [-0.25, -0.2) is 4.79 Å². The SMILES string of the molecule is C=C1C[C@H](OC(=O)/C=C/c2ccccc2)[C@@H]2[C@H]([C@H]3[C@H]1CC[C@@]3(C)O)C2(C)C. The Hall–Kier alpha value is -1.87. The minimum absolute atomic E-state index is 0.0893. The standard InChI is InChI=1S/C24H30O3/c1-15-14-18(27-19(25)11-10-16-8-6-5-7-9-16)21-22(23(21,2)3)20-17(15)12-13-24(20,4)26/h5-11,17-18,20-22,26H,1,12-14H2,2-4H3/b11-10+/t17-,18-,20+,21+,22-,24+/m0/s1. The van der Waals surface area contributed by atoms with Crippen LogP contribution in [0.15, 0.2) is 48.6 Å². The molecule has 0 unspecified atom stereocenters. The summed E-state index contributed by atoms with van der Waals surface area (Å²) in [5.74, 6) is 0.960. The topological polar surface area (TPSA) is 46.5 Å². The Kier molecular flexibility index (Phi) is 4.34. The number of hydrogen-bond acceptors (Lipinski definition) is 3. The van der Waals surface area contributed by atoms with Gasteiger partial charge in [0.2, 0.25) is 0 Å². The molecular formula is C24H30O3. The normalized spacial score (nSPS) is 39.6. The minimum atomic E-state index is -0.642. The average Bonchev–Trinajstić information content (AvgIpc) is 3.07. The van der Waals surface area contributed by atoms with Crippen molar-refractivity contribution in [2.24, 2.45) is 29.1 Å². The van der Waals surface area contributed by atoms with Crippen molar-refractivity contribution in [2.75, 3.05) is 0 Å². The van der Waals surface area contributed by atoms with Crippen LogP contribution in [0.25, 0.3) is 6.08 Å². The molecule has 6 atom stereocenters. The molecule has 1 aromatic carbocycles. The molecule has 0 amide bonds. The third-order valence-electron chi connectivity index (χ3n) is 7.36. The zero-order chi connectivity index (χ0) is 19.4. The molecule has 3 aliphatic carbocycles. The third kappa shape index (κ3) is 3.16. The number of ether oxygens (including phenoxy) is 1. The second-order valence-electron chi connectivity index (χ2n) is 9.48. The molecule has 0 bridgehead atoms. The van der Waals surface area contributed by atoms with Gasteiger partial charge < -0.3 is 9.84 Å². The van der Waals surface area contributed by atoms with Gasteiger partial charge in [-0.15, -0.1) is 0 Å². The highest BCUT2D eigenvalue weighted by atomic mass is 16.5. The van der Waals surface area contributed by atoms with Crippen LogP contribution < -0.4 is 0 Å². The smallest absolute Gasteiger partial charge is 0.331 e. The van der Waals surface area contributed by atoms with Gasteiger partial charge in [-0.1, -0.05) is 56.3 Å². The number of fused-ring (bicyclic) bond motifs is 3. The minimum Gasteiger partial charge on any atom is -0.459 e. The molecule has 0 radical (unpaired) electrons. The Morgan fingerprint density at radius 2 is 1.89 bits per heavy atom. The largest absolute Gasteiger partial charge is 0.459 e.